The van der Waals surface area contributed by atoms with Crippen LogP contribution in [0.2, 0.25) is 0 Å². The number of fused-ring (bicyclic) bond motifs is 1. The first-order valence-corrected chi connectivity index (χ1v) is 9.11. The Hall–Kier alpha value is -3.52. The number of aromatic nitrogens is 4. The molecule has 2 aromatic carbocycles. The van der Waals surface area contributed by atoms with Crippen LogP contribution in [-0.2, 0) is 17.9 Å². The number of imidazole rings is 1. The molecule has 146 valence electrons. The summed E-state index contributed by atoms with van der Waals surface area (Å²) >= 11 is 0. The normalized spacial score (nSPS) is 15.9. The fourth-order valence-electron chi connectivity index (χ4n) is 3.36. The monoisotopic (exact) mass is 392 g/mol. The quantitative estimate of drug-likeness (QED) is 0.522. The van der Waals surface area contributed by atoms with Crippen molar-refractivity contribution < 1.29 is 18.4 Å². The molecule has 0 saturated carbocycles. The van der Waals surface area contributed by atoms with Crippen molar-refractivity contribution in [3.8, 4) is 28.7 Å². The van der Waals surface area contributed by atoms with Crippen molar-refractivity contribution in [1.82, 2.24) is 19.7 Å². The Morgan fingerprint density at radius 1 is 1.10 bits per heavy atom. The lowest BCUT2D eigenvalue weighted by Gasteiger charge is -2.25. The topological polar surface area (TPSA) is 75.2 Å². The second-order valence-corrected chi connectivity index (χ2v) is 6.70. The first-order valence-electron chi connectivity index (χ1n) is 9.11. The minimum Gasteiger partial charge on any atom is -0.497 e. The average molecular weight is 392 g/mol. The van der Waals surface area contributed by atoms with Gasteiger partial charge < -0.3 is 18.6 Å². The summed E-state index contributed by atoms with van der Waals surface area (Å²) in [5, 5.41) is 4.07. The zero-order chi connectivity index (χ0) is 19.8. The van der Waals surface area contributed by atoms with Gasteiger partial charge in [0, 0.05) is 5.56 Å². The zero-order valence-corrected chi connectivity index (χ0v) is 15.6. The molecule has 7 nitrogen and oxygen atoms in total. The third-order valence-electron chi connectivity index (χ3n) is 4.95. The molecule has 4 aromatic rings. The highest BCUT2D eigenvalue weighted by atomic mass is 19.1. The van der Waals surface area contributed by atoms with E-state index in [1.54, 1.807) is 25.6 Å². The van der Waals surface area contributed by atoms with Gasteiger partial charge >= 0.3 is 0 Å². The van der Waals surface area contributed by atoms with E-state index in [-0.39, 0.29) is 11.9 Å². The van der Waals surface area contributed by atoms with Crippen molar-refractivity contribution in [2.24, 2.45) is 0 Å². The van der Waals surface area contributed by atoms with Crippen LogP contribution in [0, 0.1) is 5.82 Å². The van der Waals surface area contributed by atoms with E-state index in [1.165, 1.54) is 12.1 Å². The molecular formula is C21H17FN4O3. The lowest BCUT2D eigenvalue weighted by Crippen LogP contribution is -2.20. The van der Waals surface area contributed by atoms with Gasteiger partial charge in [0.05, 0.1) is 32.3 Å². The van der Waals surface area contributed by atoms with Crippen LogP contribution < -0.4 is 4.74 Å². The Bertz CT molecular complexity index is 1140. The van der Waals surface area contributed by atoms with E-state index in [0.29, 0.717) is 30.6 Å². The van der Waals surface area contributed by atoms with Gasteiger partial charge in [-0.2, -0.15) is 4.98 Å². The number of methoxy groups -OCH3 is 1. The number of hydrogen-bond acceptors (Lipinski definition) is 6. The molecule has 1 aliphatic heterocycles. The molecule has 3 heterocycles. The SMILES string of the molecule is COc1ccc(-c2noc(-c3ncn4c3COC(c3ccc(F)cc3)C4)n2)cc1. The fourth-order valence-corrected chi connectivity index (χ4v) is 3.36. The molecule has 5 rings (SSSR count). The highest BCUT2D eigenvalue weighted by molar-refractivity contribution is 5.59. The van der Waals surface area contributed by atoms with Crippen LogP contribution >= 0.6 is 0 Å². The molecule has 0 bridgehead atoms. The van der Waals surface area contributed by atoms with Crippen LogP contribution in [0.15, 0.2) is 59.4 Å². The Balaban J connectivity index is 1.39. The van der Waals surface area contributed by atoms with E-state index in [1.807, 2.05) is 28.8 Å². The second-order valence-electron chi connectivity index (χ2n) is 6.70. The molecule has 0 fully saturated rings. The number of halogens is 1. The Kier molecular flexibility index (Phi) is 4.33. The predicted octanol–water partition coefficient (Wildman–Crippen LogP) is 4.02. The second kappa shape index (κ2) is 7.14. The summed E-state index contributed by atoms with van der Waals surface area (Å²) in [6.07, 6.45) is 1.57. The Morgan fingerprint density at radius 2 is 1.90 bits per heavy atom. The van der Waals surface area contributed by atoms with Crippen molar-refractivity contribution in [3.63, 3.8) is 0 Å². The van der Waals surface area contributed by atoms with Crippen molar-refractivity contribution in [1.29, 1.82) is 0 Å². The Labute approximate surface area is 165 Å². The molecule has 0 aliphatic carbocycles. The summed E-state index contributed by atoms with van der Waals surface area (Å²) in [7, 11) is 1.62. The molecule has 1 unspecified atom stereocenters. The molecule has 0 spiro atoms. The molecular weight excluding hydrogens is 375 g/mol. The van der Waals surface area contributed by atoms with Crippen LogP contribution in [0.25, 0.3) is 23.0 Å². The molecule has 8 heteroatoms. The summed E-state index contributed by atoms with van der Waals surface area (Å²) < 4.78 is 31.8. The molecule has 1 atom stereocenters. The molecule has 0 amide bonds. The van der Waals surface area contributed by atoms with Gasteiger partial charge in [0.2, 0.25) is 5.82 Å². The maximum atomic E-state index is 13.2. The van der Waals surface area contributed by atoms with Crippen molar-refractivity contribution >= 4 is 0 Å². The lowest BCUT2D eigenvalue weighted by molar-refractivity contribution is 0.00326. The van der Waals surface area contributed by atoms with E-state index < -0.39 is 0 Å². The van der Waals surface area contributed by atoms with Gasteiger partial charge in [-0.25, -0.2) is 9.37 Å². The lowest BCUT2D eigenvalue weighted by atomic mass is 10.1. The number of ether oxygens (including phenoxy) is 2. The van der Waals surface area contributed by atoms with Gasteiger partial charge in [0.25, 0.3) is 5.89 Å². The third kappa shape index (κ3) is 3.27. The van der Waals surface area contributed by atoms with Crippen molar-refractivity contribution in [2.45, 2.75) is 19.3 Å². The van der Waals surface area contributed by atoms with Crippen LogP contribution in [-0.4, -0.2) is 26.8 Å². The number of benzene rings is 2. The minimum absolute atomic E-state index is 0.164. The smallest absolute Gasteiger partial charge is 0.278 e. The number of hydrogen-bond donors (Lipinski definition) is 0. The summed E-state index contributed by atoms with van der Waals surface area (Å²) in [4.78, 5) is 8.93. The van der Waals surface area contributed by atoms with E-state index in [0.717, 1.165) is 22.6 Å². The van der Waals surface area contributed by atoms with Gasteiger partial charge in [-0.15, -0.1) is 0 Å². The first-order chi connectivity index (χ1) is 14.2. The van der Waals surface area contributed by atoms with Crippen LogP contribution in [0.5, 0.6) is 5.75 Å². The molecule has 29 heavy (non-hydrogen) atoms. The van der Waals surface area contributed by atoms with Crippen LogP contribution in [0.1, 0.15) is 17.4 Å². The summed E-state index contributed by atoms with van der Waals surface area (Å²) in [6.45, 7) is 0.922. The van der Waals surface area contributed by atoms with Crippen molar-refractivity contribution in [2.75, 3.05) is 7.11 Å². The first kappa shape index (κ1) is 17.6. The Morgan fingerprint density at radius 3 is 2.66 bits per heavy atom. The van der Waals surface area contributed by atoms with Crippen molar-refractivity contribution in [3.05, 3.63) is 71.9 Å². The molecule has 2 aromatic heterocycles. The van der Waals surface area contributed by atoms with E-state index in [4.69, 9.17) is 14.0 Å². The van der Waals surface area contributed by atoms with Gasteiger partial charge in [-0.3, -0.25) is 0 Å². The van der Waals surface area contributed by atoms with Gasteiger partial charge in [-0.05, 0) is 42.0 Å². The van der Waals surface area contributed by atoms with Gasteiger partial charge in [-0.1, -0.05) is 17.3 Å². The summed E-state index contributed by atoms with van der Waals surface area (Å²) in [6, 6.07) is 13.8. The minimum atomic E-state index is -0.265. The maximum absolute atomic E-state index is 13.2. The fraction of sp³-hybridized carbons (Fsp3) is 0.190. The molecule has 0 N–H and O–H groups in total. The highest BCUT2D eigenvalue weighted by Gasteiger charge is 2.26. The maximum Gasteiger partial charge on any atom is 0.278 e. The predicted molar refractivity (Wildman–Crippen MR) is 101 cm³/mol. The third-order valence-corrected chi connectivity index (χ3v) is 4.95. The van der Waals surface area contributed by atoms with E-state index >= 15 is 0 Å². The van der Waals surface area contributed by atoms with Gasteiger partial charge in [0.15, 0.2) is 5.69 Å². The standard InChI is InChI=1S/C21H17FN4O3/c1-27-16-8-4-14(5-9-16)20-24-21(29-25-20)19-17-11-28-18(10-26(17)12-23-19)13-2-6-15(22)7-3-13/h2-9,12,18H,10-11H2,1H3. The highest BCUT2D eigenvalue weighted by Crippen LogP contribution is 2.32. The van der Waals surface area contributed by atoms with Gasteiger partial charge in [0.1, 0.15) is 17.7 Å². The van der Waals surface area contributed by atoms with Crippen LogP contribution in [0.4, 0.5) is 4.39 Å². The number of nitrogens with zero attached hydrogens (tertiary/aromatic N) is 4. The molecule has 0 saturated heterocycles. The zero-order valence-electron chi connectivity index (χ0n) is 15.6. The van der Waals surface area contributed by atoms with E-state index in [9.17, 15) is 4.39 Å². The summed E-state index contributed by atoms with van der Waals surface area (Å²) in [5.74, 6) is 1.31. The summed E-state index contributed by atoms with van der Waals surface area (Å²) in [5.41, 5.74) is 3.22. The van der Waals surface area contributed by atoms with Crippen LogP contribution in [0.3, 0.4) is 0 Å². The largest absolute Gasteiger partial charge is 0.497 e. The number of rotatable bonds is 4. The van der Waals surface area contributed by atoms with E-state index in [2.05, 4.69) is 15.1 Å². The molecule has 1 aliphatic rings. The molecule has 0 radical (unpaired) electrons. The average Bonchev–Trinajstić information content (AvgIpc) is 3.41.